The highest BCUT2D eigenvalue weighted by Crippen LogP contribution is 2.30. The second-order valence-electron chi connectivity index (χ2n) is 14.1. The molecule has 1 aliphatic heterocycles. The highest BCUT2D eigenvalue weighted by atomic mass is 19.1. The molecule has 2 aromatic carbocycles. The van der Waals surface area contributed by atoms with E-state index in [4.69, 9.17) is 9.47 Å². The fourth-order valence-corrected chi connectivity index (χ4v) is 6.18. The first-order valence-corrected chi connectivity index (χ1v) is 17.2. The minimum absolute atomic E-state index is 0.175. The molecular formula is C39H48FN5O5. The molecule has 4 aromatic rings. The Morgan fingerprint density at radius 1 is 1.04 bits per heavy atom. The molecule has 0 spiro atoms. The number of aromatic nitrogens is 2. The van der Waals surface area contributed by atoms with Crippen molar-refractivity contribution >= 4 is 23.4 Å². The molecule has 0 bridgehead atoms. The summed E-state index contributed by atoms with van der Waals surface area (Å²) in [7, 11) is 1.60. The summed E-state index contributed by atoms with van der Waals surface area (Å²) in [6.07, 6.45) is 4.75. The zero-order valence-electron chi connectivity index (χ0n) is 29.8. The Morgan fingerprint density at radius 3 is 2.38 bits per heavy atom. The first kappa shape index (κ1) is 36.4. The zero-order chi connectivity index (χ0) is 36.0. The number of pyridine rings is 1. The highest BCUT2D eigenvalue weighted by molar-refractivity contribution is 5.93. The molecule has 4 atom stereocenters. The third-order valence-electron chi connectivity index (χ3n) is 9.37. The van der Waals surface area contributed by atoms with Crippen LogP contribution in [0.25, 0.3) is 5.65 Å². The summed E-state index contributed by atoms with van der Waals surface area (Å²) in [5.74, 6) is 0.0757. The second kappa shape index (κ2) is 15.7. The molecule has 3 heterocycles. The summed E-state index contributed by atoms with van der Waals surface area (Å²) >= 11 is 0. The molecule has 0 radical (unpaired) electrons. The van der Waals surface area contributed by atoms with Crippen LogP contribution in [0.3, 0.4) is 0 Å². The van der Waals surface area contributed by atoms with Crippen LogP contribution in [-0.4, -0.2) is 81.8 Å². The SMILES string of the molecule is CC[C@@H](C)C(=O)N[C@H](C(=O)N1C[C@@H](Oc2ccc(OC)cc2)C[C@H]1CN(CCc1ccc(F)cc1)C(=O)c1cn2ccccc2n1)C(C)(C)C. The largest absolute Gasteiger partial charge is 0.497 e. The van der Waals surface area contributed by atoms with Gasteiger partial charge in [0, 0.05) is 37.8 Å². The smallest absolute Gasteiger partial charge is 0.274 e. The van der Waals surface area contributed by atoms with E-state index in [1.165, 1.54) is 12.1 Å². The van der Waals surface area contributed by atoms with Crippen LogP contribution in [0.2, 0.25) is 0 Å². The standard InChI is InChI=1S/C39H48FN5O5/c1-7-26(2)36(46)42-35(39(3,4)5)38(48)45-24-32(50-31-17-15-30(49-6)16-18-31)22-29(45)23-44(21-19-27-11-13-28(40)14-12-27)37(47)33-25-43-20-9-8-10-34(43)41-33/h8-18,20,25-26,29,32,35H,7,19,21-24H2,1-6H3,(H,42,46)/t26-,29+,32+,35-/m1/s1. The number of imidazole rings is 1. The van der Waals surface area contributed by atoms with Crippen molar-refractivity contribution < 1.29 is 28.2 Å². The number of likely N-dealkylation sites (tertiary alicyclic amines) is 1. The lowest BCUT2D eigenvalue weighted by molar-refractivity contribution is -0.141. The highest BCUT2D eigenvalue weighted by Gasteiger charge is 2.44. The van der Waals surface area contributed by atoms with Gasteiger partial charge in [0.05, 0.1) is 19.7 Å². The van der Waals surface area contributed by atoms with Gasteiger partial charge < -0.3 is 29.0 Å². The molecule has 1 saturated heterocycles. The Kier molecular flexibility index (Phi) is 11.4. The van der Waals surface area contributed by atoms with Gasteiger partial charge >= 0.3 is 0 Å². The molecule has 1 N–H and O–H groups in total. The number of benzene rings is 2. The van der Waals surface area contributed by atoms with Gasteiger partial charge in [-0.05, 0) is 72.4 Å². The topological polar surface area (TPSA) is 105 Å². The van der Waals surface area contributed by atoms with Crippen molar-refractivity contribution in [2.24, 2.45) is 11.3 Å². The third kappa shape index (κ3) is 8.80. The Morgan fingerprint density at radius 2 is 1.74 bits per heavy atom. The second-order valence-corrected chi connectivity index (χ2v) is 14.1. The van der Waals surface area contributed by atoms with Crippen LogP contribution >= 0.6 is 0 Å². The molecule has 5 rings (SSSR count). The summed E-state index contributed by atoms with van der Waals surface area (Å²) in [6.45, 7) is 10.4. The van der Waals surface area contributed by atoms with E-state index in [-0.39, 0.29) is 54.3 Å². The number of hydrogen-bond donors (Lipinski definition) is 1. The number of carbonyl (C=O) groups excluding carboxylic acids is 3. The monoisotopic (exact) mass is 685 g/mol. The number of fused-ring (bicyclic) bond motifs is 1. The van der Waals surface area contributed by atoms with Crippen LogP contribution in [0, 0.1) is 17.2 Å². The predicted octanol–water partition coefficient (Wildman–Crippen LogP) is 5.79. The van der Waals surface area contributed by atoms with Crippen molar-refractivity contribution in [2.75, 3.05) is 26.7 Å². The van der Waals surface area contributed by atoms with Gasteiger partial charge in [-0.15, -0.1) is 0 Å². The van der Waals surface area contributed by atoms with Crippen molar-refractivity contribution in [3.05, 3.63) is 96.2 Å². The molecule has 1 fully saturated rings. The van der Waals surface area contributed by atoms with Crippen molar-refractivity contribution in [3.63, 3.8) is 0 Å². The Bertz CT molecular complexity index is 1740. The van der Waals surface area contributed by atoms with Gasteiger partial charge in [0.15, 0.2) is 0 Å². The zero-order valence-corrected chi connectivity index (χ0v) is 29.8. The number of rotatable bonds is 13. The molecule has 0 unspecified atom stereocenters. The van der Waals surface area contributed by atoms with E-state index in [0.717, 1.165) is 5.56 Å². The van der Waals surface area contributed by atoms with Gasteiger partial charge in [0.1, 0.15) is 40.8 Å². The van der Waals surface area contributed by atoms with Crippen LogP contribution in [-0.2, 0) is 16.0 Å². The summed E-state index contributed by atoms with van der Waals surface area (Å²) in [5, 5.41) is 3.04. The first-order chi connectivity index (χ1) is 23.9. The summed E-state index contributed by atoms with van der Waals surface area (Å²) in [6, 6.07) is 17.8. The molecule has 11 heteroatoms. The summed E-state index contributed by atoms with van der Waals surface area (Å²) in [5.41, 5.74) is 1.21. The Balaban J connectivity index is 1.46. The van der Waals surface area contributed by atoms with E-state index in [1.807, 2.05) is 83.3 Å². The molecule has 3 amide bonds. The van der Waals surface area contributed by atoms with E-state index in [9.17, 15) is 18.8 Å². The van der Waals surface area contributed by atoms with Gasteiger partial charge in [-0.25, -0.2) is 9.37 Å². The van der Waals surface area contributed by atoms with Crippen LogP contribution in [0.1, 0.15) is 63.5 Å². The molecular weight excluding hydrogens is 637 g/mol. The maximum absolute atomic E-state index is 14.6. The van der Waals surface area contributed by atoms with Crippen LogP contribution in [0.5, 0.6) is 11.5 Å². The number of carbonyl (C=O) groups is 3. The quantitative estimate of drug-likeness (QED) is 0.191. The van der Waals surface area contributed by atoms with E-state index in [2.05, 4.69) is 10.3 Å². The lowest BCUT2D eigenvalue weighted by Crippen LogP contribution is -2.58. The maximum atomic E-state index is 14.6. The Labute approximate surface area is 293 Å². The lowest BCUT2D eigenvalue weighted by Gasteiger charge is -2.37. The number of amides is 3. The summed E-state index contributed by atoms with van der Waals surface area (Å²) < 4.78 is 27.2. The van der Waals surface area contributed by atoms with E-state index >= 15 is 0 Å². The summed E-state index contributed by atoms with van der Waals surface area (Å²) in [4.78, 5) is 50.0. The molecule has 2 aromatic heterocycles. The molecule has 0 saturated carbocycles. The van der Waals surface area contributed by atoms with Crippen molar-refractivity contribution in [2.45, 2.75) is 72.1 Å². The van der Waals surface area contributed by atoms with E-state index < -0.39 is 17.5 Å². The molecule has 0 aliphatic carbocycles. The van der Waals surface area contributed by atoms with Crippen LogP contribution < -0.4 is 14.8 Å². The van der Waals surface area contributed by atoms with Crippen LogP contribution in [0.15, 0.2) is 79.1 Å². The van der Waals surface area contributed by atoms with Gasteiger partial charge in [-0.3, -0.25) is 14.4 Å². The number of ether oxygens (including phenoxy) is 2. The predicted molar refractivity (Wildman–Crippen MR) is 190 cm³/mol. The normalized spacial score (nSPS) is 17.3. The minimum atomic E-state index is -0.798. The van der Waals surface area contributed by atoms with Crippen molar-refractivity contribution in [3.8, 4) is 11.5 Å². The molecule has 1 aliphatic rings. The number of methoxy groups -OCH3 is 1. The number of halogens is 1. The number of hydrogen-bond acceptors (Lipinski definition) is 6. The van der Waals surface area contributed by atoms with Gasteiger partial charge in [-0.1, -0.05) is 52.8 Å². The minimum Gasteiger partial charge on any atom is -0.497 e. The molecule has 50 heavy (non-hydrogen) atoms. The maximum Gasteiger partial charge on any atom is 0.274 e. The van der Waals surface area contributed by atoms with Crippen LogP contribution in [0.4, 0.5) is 4.39 Å². The fourth-order valence-electron chi connectivity index (χ4n) is 6.18. The Hall–Kier alpha value is -4.93. The fraction of sp³-hybridized carbons (Fsp3) is 0.436. The third-order valence-corrected chi connectivity index (χ3v) is 9.37. The average Bonchev–Trinajstić information content (AvgIpc) is 3.72. The first-order valence-electron chi connectivity index (χ1n) is 17.2. The number of nitrogens with one attached hydrogen (secondary N) is 1. The van der Waals surface area contributed by atoms with E-state index in [1.54, 1.807) is 39.6 Å². The molecule has 10 nitrogen and oxygen atoms in total. The number of nitrogens with zero attached hydrogens (tertiary/aromatic N) is 4. The van der Waals surface area contributed by atoms with Gasteiger partial charge in [0.2, 0.25) is 11.8 Å². The van der Waals surface area contributed by atoms with Crippen molar-refractivity contribution in [1.29, 1.82) is 0 Å². The average molecular weight is 686 g/mol. The van der Waals surface area contributed by atoms with Gasteiger partial charge in [0.25, 0.3) is 5.91 Å². The lowest BCUT2D eigenvalue weighted by atomic mass is 9.85. The molecule has 266 valence electrons. The van der Waals surface area contributed by atoms with E-state index in [0.29, 0.717) is 43.0 Å². The van der Waals surface area contributed by atoms with Gasteiger partial charge in [-0.2, -0.15) is 0 Å². The van der Waals surface area contributed by atoms with Crippen molar-refractivity contribution in [1.82, 2.24) is 24.5 Å².